The zero-order chi connectivity index (χ0) is 15.0. The third-order valence-electron chi connectivity index (χ3n) is 3.45. The summed E-state index contributed by atoms with van der Waals surface area (Å²) in [5.74, 6) is 0.952. The highest BCUT2D eigenvalue weighted by molar-refractivity contribution is 5.25. The molecule has 0 aliphatic carbocycles. The average Bonchev–Trinajstić information content (AvgIpc) is 2.82. The van der Waals surface area contributed by atoms with Crippen LogP contribution in [-0.4, -0.2) is 53.3 Å². The van der Waals surface area contributed by atoms with Crippen LogP contribution in [0.1, 0.15) is 34.1 Å². The van der Waals surface area contributed by atoms with Crippen molar-refractivity contribution in [1.29, 1.82) is 0 Å². The molecule has 0 saturated carbocycles. The van der Waals surface area contributed by atoms with Crippen LogP contribution in [0, 0.1) is 0 Å². The minimum Gasteiger partial charge on any atom is -0.385 e. The van der Waals surface area contributed by atoms with Crippen LogP contribution in [0.15, 0.2) is 12.4 Å². The lowest BCUT2D eigenvalue weighted by molar-refractivity contribution is 0.168. The second-order valence-corrected chi connectivity index (χ2v) is 5.64. The van der Waals surface area contributed by atoms with E-state index in [0.29, 0.717) is 12.1 Å². The summed E-state index contributed by atoms with van der Waals surface area (Å²) >= 11 is 0. The highest BCUT2D eigenvalue weighted by Gasteiger charge is 2.13. The van der Waals surface area contributed by atoms with Gasteiger partial charge in [0.05, 0.1) is 0 Å². The van der Waals surface area contributed by atoms with Gasteiger partial charge in [-0.3, -0.25) is 4.90 Å². The average molecular weight is 282 g/mol. The van der Waals surface area contributed by atoms with Crippen molar-refractivity contribution >= 4 is 5.95 Å². The smallest absolute Gasteiger partial charge is 0.202 e. The van der Waals surface area contributed by atoms with Crippen LogP contribution in [-0.2, 0) is 11.3 Å². The maximum atomic E-state index is 5.05. The summed E-state index contributed by atoms with van der Waals surface area (Å²) < 4.78 is 7.23. The number of nitrogens with zero attached hydrogens (tertiary/aromatic N) is 3. The molecule has 1 aromatic rings. The Morgan fingerprint density at radius 2 is 2.00 bits per heavy atom. The van der Waals surface area contributed by atoms with Gasteiger partial charge in [-0.15, -0.1) is 0 Å². The number of hydrogen-bond donors (Lipinski definition) is 1. The number of nitrogens with one attached hydrogen (secondary N) is 1. The van der Waals surface area contributed by atoms with Gasteiger partial charge in [-0.2, -0.15) is 0 Å². The Balaban J connectivity index is 2.45. The molecule has 1 aromatic heterocycles. The summed E-state index contributed by atoms with van der Waals surface area (Å²) in [7, 11) is 1.73. The number of aromatic nitrogens is 2. The molecule has 0 aromatic carbocycles. The van der Waals surface area contributed by atoms with Crippen LogP contribution in [0.5, 0.6) is 0 Å². The number of ether oxygens (including phenoxy) is 1. The van der Waals surface area contributed by atoms with Crippen molar-refractivity contribution in [3.05, 3.63) is 12.4 Å². The Kier molecular flexibility index (Phi) is 7.62. The summed E-state index contributed by atoms with van der Waals surface area (Å²) in [6, 6.07) is 1.13. The fourth-order valence-corrected chi connectivity index (χ4v) is 2.41. The van der Waals surface area contributed by atoms with Crippen molar-refractivity contribution in [2.45, 2.75) is 52.7 Å². The van der Waals surface area contributed by atoms with E-state index in [2.05, 4.69) is 47.5 Å². The lowest BCUT2D eigenvalue weighted by Gasteiger charge is -2.30. The number of rotatable bonds is 10. The Morgan fingerprint density at radius 3 is 2.60 bits per heavy atom. The number of imidazole rings is 1. The Morgan fingerprint density at radius 1 is 1.30 bits per heavy atom. The Labute approximate surface area is 123 Å². The molecule has 0 fully saturated rings. The van der Waals surface area contributed by atoms with Gasteiger partial charge in [-0.05, 0) is 34.1 Å². The minimum absolute atomic E-state index is 0.566. The highest BCUT2D eigenvalue weighted by Crippen LogP contribution is 2.08. The molecule has 5 nitrogen and oxygen atoms in total. The number of hydrogen-bond acceptors (Lipinski definition) is 4. The van der Waals surface area contributed by atoms with E-state index in [4.69, 9.17) is 4.74 Å². The van der Waals surface area contributed by atoms with Crippen molar-refractivity contribution in [3.8, 4) is 0 Å². The molecule has 1 N–H and O–H groups in total. The zero-order valence-electron chi connectivity index (χ0n) is 13.6. The van der Waals surface area contributed by atoms with Gasteiger partial charge >= 0.3 is 0 Å². The predicted molar refractivity (Wildman–Crippen MR) is 84.2 cm³/mol. The van der Waals surface area contributed by atoms with Crippen molar-refractivity contribution in [3.63, 3.8) is 0 Å². The largest absolute Gasteiger partial charge is 0.385 e. The molecule has 116 valence electrons. The van der Waals surface area contributed by atoms with E-state index in [1.165, 1.54) is 0 Å². The quantitative estimate of drug-likeness (QED) is 0.669. The summed E-state index contributed by atoms with van der Waals surface area (Å²) in [5, 5.41) is 3.36. The second-order valence-electron chi connectivity index (χ2n) is 5.64. The van der Waals surface area contributed by atoms with E-state index in [1.54, 1.807) is 7.11 Å². The molecular formula is C15H30N4O. The van der Waals surface area contributed by atoms with Gasteiger partial charge in [0.2, 0.25) is 5.95 Å². The van der Waals surface area contributed by atoms with Crippen molar-refractivity contribution < 1.29 is 4.74 Å². The molecule has 0 atom stereocenters. The van der Waals surface area contributed by atoms with Crippen LogP contribution in [0.4, 0.5) is 5.95 Å². The van der Waals surface area contributed by atoms with Crippen molar-refractivity contribution in [2.24, 2.45) is 0 Å². The first-order valence-electron chi connectivity index (χ1n) is 7.56. The lowest BCUT2D eigenvalue weighted by atomic mass is 10.2. The first-order chi connectivity index (χ1) is 9.56. The van der Waals surface area contributed by atoms with E-state index in [0.717, 1.165) is 38.6 Å². The van der Waals surface area contributed by atoms with Crippen LogP contribution in [0.25, 0.3) is 0 Å². The van der Waals surface area contributed by atoms with Gasteiger partial charge in [0.25, 0.3) is 0 Å². The van der Waals surface area contributed by atoms with Crippen molar-refractivity contribution in [1.82, 2.24) is 14.5 Å². The Hall–Kier alpha value is -1.07. The summed E-state index contributed by atoms with van der Waals surface area (Å²) in [6.07, 6.45) is 4.89. The standard InChI is InChI=1S/C15H30N4O/c1-13(2)19(14(3)4)11-10-18-9-8-17-15(18)16-7-6-12-20-5/h8-9,13-14H,6-7,10-12H2,1-5H3,(H,16,17). The SMILES string of the molecule is COCCCNc1nccn1CCN(C(C)C)C(C)C. The fourth-order valence-electron chi connectivity index (χ4n) is 2.41. The summed E-state index contributed by atoms with van der Waals surface area (Å²) in [5.41, 5.74) is 0. The molecule has 20 heavy (non-hydrogen) atoms. The van der Waals surface area contributed by atoms with Gasteiger partial charge in [0, 0.05) is 57.8 Å². The molecule has 0 radical (unpaired) electrons. The minimum atomic E-state index is 0.566. The molecular weight excluding hydrogens is 252 g/mol. The van der Waals surface area contributed by atoms with Crippen LogP contribution in [0.2, 0.25) is 0 Å². The number of anilines is 1. The van der Waals surface area contributed by atoms with Crippen LogP contribution >= 0.6 is 0 Å². The van der Waals surface area contributed by atoms with Gasteiger partial charge in [-0.25, -0.2) is 4.98 Å². The van der Waals surface area contributed by atoms with Gasteiger partial charge < -0.3 is 14.6 Å². The Bertz CT molecular complexity index is 355. The fraction of sp³-hybridized carbons (Fsp3) is 0.800. The summed E-state index contributed by atoms with van der Waals surface area (Å²) in [4.78, 5) is 6.87. The molecule has 0 aliphatic heterocycles. The van der Waals surface area contributed by atoms with Gasteiger partial charge in [0.1, 0.15) is 0 Å². The molecule has 0 amide bonds. The lowest BCUT2D eigenvalue weighted by Crippen LogP contribution is -2.39. The molecule has 0 aliphatic rings. The highest BCUT2D eigenvalue weighted by atomic mass is 16.5. The molecule has 5 heteroatoms. The first kappa shape index (κ1) is 17.0. The van der Waals surface area contributed by atoms with E-state index in [9.17, 15) is 0 Å². The second kappa shape index (κ2) is 8.97. The zero-order valence-corrected chi connectivity index (χ0v) is 13.6. The normalized spacial score (nSPS) is 11.8. The molecule has 0 unspecified atom stereocenters. The third-order valence-corrected chi connectivity index (χ3v) is 3.45. The molecule has 1 heterocycles. The predicted octanol–water partition coefficient (Wildman–Crippen LogP) is 2.45. The van der Waals surface area contributed by atoms with E-state index < -0.39 is 0 Å². The van der Waals surface area contributed by atoms with Gasteiger partial charge in [-0.1, -0.05) is 0 Å². The van der Waals surface area contributed by atoms with Crippen molar-refractivity contribution in [2.75, 3.05) is 32.1 Å². The van der Waals surface area contributed by atoms with Crippen LogP contribution < -0.4 is 5.32 Å². The first-order valence-corrected chi connectivity index (χ1v) is 7.56. The topological polar surface area (TPSA) is 42.3 Å². The van der Waals surface area contributed by atoms with E-state index in [1.807, 2.05) is 12.4 Å². The van der Waals surface area contributed by atoms with E-state index in [-0.39, 0.29) is 0 Å². The third kappa shape index (κ3) is 5.51. The molecule has 0 spiro atoms. The van der Waals surface area contributed by atoms with Crippen LogP contribution in [0.3, 0.4) is 0 Å². The van der Waals surface area contributed by atoms with Gasteiger partial charge in [0.15, 0.2) is 0 Å². The van der Waals surface area contributed by atoms with E-state index >= 15 is 0 Å². The summed E-state index contributed by atoms with van der Waals surface area (Å²) in [6.45, 7) is 12.7. The maximum absolute atomic E-state index is 5.05. The molecule has 0 bridgehead atoms. The number of methoxy groups -OCH3 is 1. The molecule has 0 saturated heterocycles. The monoisotopic (exact) mass is 282 g/mol. The molecule has 1 rings (SSSR count). The maximum Gasteiger partial charge on any atom is 0.202 e.